The fourth-order valence-electron chi connectivity index (χ4n) is 2.74. The zero-order valence-corrected chi connectivity index (χ0v) is 14.3. The standard InChI is InChI=1S/C21H19NO4/c1-15(14-16-2-8-19(23)9-3-16)17-4-10-20(11-5-17)26-21-12-6-18(7-13-21)22(24)25/h2-13,15,23H,14H2,1H3. The van der Waals surface area contributed by atoms with Crippen molar-refractivity contribution in [2.24, 2.45) is 0 Å². The van der Waals surface area contributed by atoms with Crippen molar-refractivity contribution in [2.45, 2.75) is 19.3 Å². The van der Waals surface area contributed by atoms with E-state index in [-0.39, 0.29) is 11.4 Å². The van der Waals surface area contributed by atoms with Crippen LogP contribution >= 0.6 is 0 Å². The maximum atomic E-state index is 10.7. The molecule has 3 aromatic carbocycles. The van der Waals surface area contributed by atoms with Crippen LogP contribution in [0.25, 0.3) is 0 Å². The number of non-ortho nitro benzene ring substituents is 1. The molecule has 0 amide bonds. The van der Waals surface area contributed by atoms with E-state index in [0.717, 1.165) is 6.42 Å². The Hall–Kier alpha value is -3.34. The van der Waals surface area contributed by atoms with Crippen LogP contribution in [0, 0.1) is 10.1 Å². The van der Waals surface area contributed by atoms with Crippen molar-refractivity contribution in [1.29, 1.82) is 0 Å². The second kappa shape index (κ2) is 7.70. The molecule has 0 aliphatic rings. The first kappa shape index (κ1) is 17.5. The summed E-state index contributed by atoms with van der Waals surface area (Å²) in [5.41, 5.74) is 2.39. The van der Waals surface area contributed by atoms with Gasteiger partial charge in [0.05, 0.1) is 4.92 Å². The minimum atomic E-state index is -0.436. The molecule has 1 atom stereocenters. The van der Waals surface area contributed by atoms with Crippen molar-refractivity contribution >= 4 is 5.69 Å². The van der Waals surface area contributed by atoms with Crippen molar-refractivity contribution in [3.63, 3.8) is 0 Å². The number of hydrogen-bond donors (Lipinski definition) is 1. The second-order valence-electron chi connectivity index (χ2n) is 6.19. The van der Waals surface area contributed by atoms with Gasteiger partial charge in [0.2, 0.25) is 0 Å². The Balaban J connectivity index is 1.63. The van der Waals surface area contributed by atoms with Crippen LogP contribution in [0.2, 0.25) is 0 Å². The van der Waals surface area contributed by atoms with E-state index in [1.807, 2.05) is 36.4 Å². The largest absolute Gasteiger partial charge is 0.508 e. The smallest absolute Gasteiger partial charge is 0.269 e. The lowest BCUT2D eigenvalue weighted by molar-refractivity contribution is -0.384. The summed E-state index contributed by atoms with van der Waals surface area (Å²) in [5.74, 6) is 1.84. The molecule has 3 aromatic rings. The van der Waals surface area contributed by atoms with Crippen molar-refractivity contribution < 1.29 is 14.8 Å². The maximum Gasteiger partial charge on any atom is 0.269 e. The quantitative estimate of drug-likeness (QED) is 0.475. The Kier molecular flexibility index (Phi) is 5.17. The van der Waals surface area contributed by atoms with Crippen molar-refractivity contribution in [3.05, 3.63) is 94.0 Å². The highest BCUT2D eigenvalue weighted by Crippen LogP contribution is 2.27. The minimum absolute atomic E-state index is 0.0377. The van der Waals surface area contributed by atoms with E-state index in [1.165, 1.54) is 23.3 Å². The number of benzene rings is 3. The van der Waals surface area contributed by atoms with E-state index in [4.69, 9.17) is 4.74 Å². The summed E-state index contributed by atoms with van der Waals surface area (Å²) in [4.78, 5) is 10.2. The van der Waals surface area contributed by atoms with Crippen molar-refractivity contribution in [2.75, 3.05) is 0 Å². The molecule has 0 spiro atoms. The molecule has 0 aliphatic carbocycles. The lowest BCUT2D eigenvalue weighted by Gasteiger charge is -2.13. The predicted molar refractivity (Wildman–Crippen MR) is 99.8 cm³/mol. The van der Waals surface area contributed by atoms with Gasteiger partial charge >= 0.3 is 0 Å². The van der Waals surface area contributed by atoms with Crippen LogP contribution in [0.3, 0.4) is 0 Å². The summed E-state index contributed by atoms with van der Waals surface area (Å²) in [7, 11) is 0. The van der Waals surface area contributed by atoms with Gasteiger partial charge in [-0.05, 0) is 59.9 Å². The predicted octanol–water partition coefficient (Wildman–Crippen LogP) is 5.44. The van der Waals surface area contributed by atoms with E-state index >= 15 is 0 Å². The molecule has 0 fully saturated rings. The molecule has 0 bridgehead atoms. The number of hydrogen-bond acceptors (Lipinski definition) is 4. The molecule has 0 radical (unpaired) electrons. The van der Waals surface area contributed by atoms with Gasteiger partial charge < -0.3 is 9.84 Å². The molecule has 0 aromatic heterocycles. The van der Waals surface area contributed by atoms with E-state index in [9.17, 15) is 15.2 Å². The molecule has 1 unspecified atom stereocenters. The molecule has 26 heavy (non-hydrogen) atoms. The van der Waals surface area contributed by atoms with Gasteiger partial charge in [0.25, 0.3) is 5.69 Å². The third kappa shape index (κ3) is 4.39. The molecule has 132 valence electrons. The van der Waals surface area contributed by atoms with E-state index in [1.54, 1.807) is 24.3 Å². The Bertz CT molecular complexity index is 871. The van der Waals surface area contributed by atoms with Crippen LogP contribution < -0.4 is 4.74 Å². The molecular weight excluding hydrogens is 330 g/mol. The zero-order valence-electron chi connectivity index (χ0n) is 14.3. The summed E-state index contributed by atoms with van der Waals surface area (Å²) in [6, 6.07) is 21.1. The van der Waals surface area contributed by atoms with Gasteiger partial charge in [-0.25, -0.2) is 0 Å². The van der Waals surface area contributed by atoms with Gasteiger partial charge in [-0.1, -0.05) is 31.2 Å². The number of ether oxygens (including phenoxy) is 1. The van der Waals surface area contributed by atoms with Gasteiger partial charge in [-0.15, -0.1) is 0 Å². The van der Waals surface area contributed by atoms with Crippen molar-refractivity contribution in [1.82, 2.24) is 0 Å². The first-order valence-electron chi connectivity index (χ1n) is 8.31. The average Bonchev–Trinajstić information content (AvgIpc) is 2.64. The van der Waals surface area contributed by atoms with Gasteiger partial charge in [-0.2, -0.15) is 0 Å². The summed E-state index contributed by atoms with van der Waals surface area (Å²) < 4.78 is 5.73. The second-order valence-corrected chi connectivity index (χ2v) is 6.19. The van der Waals surface area contributed by atoms with Crippen LogP contribution in [-0.2, 0) is 6.42 Å². The highest BCUT2D eigenvalue weighted by atomic mass is 16.6. The molecule has 0 aliphatic heterocycles. The first-order valence-corrected chi connectivity index (χ1v) is 8.31. The summed E-state index contributed by atoms with van der Waals surface area (Å²) >= 11 is 0. The summed E-state index contributed by atoms with van der Waals surface area (Å²) in [6.45, 7) is 2.15. The zero-order chi connectivity index (χ0) is 18.5. The molecule has 3 rings (SSSR count). The number of nitrogens with zero attached hydrogens (tertiary/aromatic N) is 1. The Morgan fingerprint density at radius 2 is 1.46 bits per heavy atom. The maximum absolute atomic E-state index is 10.7. The Labute approximate surface area is 151 Å². The van der Waals surface area contributed by atoms with Crippen LogP contribution in [0.4, 0.5) is 5.69 Å². The highest BCUT2D eigenvalue weighted by molar-refractivity contribution is 5.39. The average molecular weight is 349 g/mol. The molecule has 1 N–H and O–H groups in total. The van der Waals surface area contributed by atoms with E-state index in [2.05, 4.69) is 6.92 Å². The van der Waals surface area contributed by atoms with Crippen LogP contribution in [0.1, 0.15) is 24.0 Å². The molecule has 0 saturated heterocycles. The molecule has 5 heteroatoms. The van der Waals surface area contributed by atoms with Crippen molar-refractivity contribution in [3.8, 4) is 17.2 Å². The van der Waals surface area contributed by atoms with Gasteiger partial charge in [0.1, 0.15) is 17.2 Å². The Morgan fingerprint density at radius 1 is 0.923 bits per heavy atom. The number of rotatable bonds is 6. The topological polar surface area (TPSA) is 72.6 Å². The van der Waals surface area contributed by atoms with E-state index in [0.29, 0.717) is 17.4 Å². The fraction of sp³-hybridized carbons (Fsp3) is 0.143. The molecule has 5 nitrogen and oxygen atoms in total. The number of phenolic OH excluding ortho intramolecular Hbond substituents is 1. The normalized spacial score (nSPS) is 11.7. The van der Waals surface area contributed by atoms with Crippen LogP contribution in [0.5, 0.6) is 17.2 Å². The number of nitro groups is 1. The SMILES string of the molecule is CC(Cc1ccc(O)cc1)c1ccc(Oc2ccc([N+](=O)[O-])cc2)cc1. The number of phenols is 1. The lowest BCUT2D eigenvalue weighted by atomic mass is 9.94. The monoisotopic (exact) mass is 349 g/mol. The van der Waals surface area contributed by atoms with Gasteiger partial charge in [0.15, 0.2) is 0 Å². The van der Waals surface area contributed by atoms with Gasteiger partial charge in [-0.3, -0.25) is 10.1 Å². The van der Waals surface area contributed by atoms with Gasteiger partial charge in [0, 0.05) is 12.1 Å². The number of aromatic hydroxyl groups is 1. The van der Waals surface area contributed by atoms with Crippen LogP contribution in [-0.4, -0.2) is 10.0 Å². The third-order valence-electron chi connectivity index (χ3n) is 4.21. The van der Waals surface area contributed by atoms with E-state index < -0.39 is 4.92 Å². The molecule has 0 heterocycles. The first-order chi connectivity index (χ1) is 12.5. The highest BCUT2D eigenvalue weighted by Gasteiger charge is 2.08. The minimum Gasteiger partial charge on any atom is -0.508 e. The lowest BCUT2D eigenvalue weighted by Crippen LogP contribution is -1.98. The molecule has 0 saturated carbocycles. The summed E-state index contributed by atoms with van der Waals surface area (Å²) in [6.07, 6.45) is 0.878. The fourth-order valence-corrected chi connectivity index (χ4v) is 2.74. The molecular formula is C21H19NO4. The Morgan fingerprint density at radius 3 is 2.00 bits per heavy atom. The summed E-state index contributed by atoms with van der Waals surface area (Å²) in [5, 5.41) is 20.0. The third-order valence-corrected chi connectivity index (χ3v) is 4.21. The van der Waals surface area contributed by atoms with Crippen LogP contribution in [0.15, 0.2) is 72.8 Å². The number of nitro benzene ring substituents is 1.